The number of thioether (sulfide) groups is 1. The Kier molecular flexibility index (Phi) is 4.46. The molecule has 0 bridgehead atoms. The quantitative estimate of drug-likeness (QED) is 0.773. The first-order valence-corrected chi connectivity index (χ1v) is 6.01. The first-order chi connectivity index (χ1) is 6.25. The average Bonchev–Trinajstić information content (AvgIpc) is 2.13. The van der Waals surface area contributed by atoms with E-state index in [4.69, 9.17) is 11.6 Å². The minimum atomic E-state index is 0.828. The second-order valence-electron chi connectivity index (χ2n) is 2.83. The minimum Gasteiger partial charge on any atom is -0.384 e. The fraction of sp³-hybridized carbons (Fsp3) is 0.400. The second kappa shape index (κ2) is 5.40. The molecule has 1 aromatic carbocycles. The fourth-order valence-corrected chi connectivity index (χ4v) is 1.57. The largest absolute Gasteiger partial charge is 0.384 e. The maximum Gasteiger partial charge on any atom is 0.0455 e. The van der Waals surface area contributed by atoms with E-state index in [0.29, 0.717) is 0 Å². The highest BCUT2D eigenvalue weighted by Gasteiger charge is 1.99. The monoisotopic (exact) mass is 215 g/mol. The summed E-state index contributed by atoms with van der Waals surface area (Å²) in [7, 11) is 0. The Morgan fingerprint density at radius 2 is 2.23 bits per heavy atom. The lowest BCUT2D eigenvalue weighted by molar-refractivity contribution is 1.21. The van der Waals surface area contributed by atoms with Crippen LogP contribution < -0.4 is 5.32 Å². The van der Waals surface area contributed by atoms with Crippen molar-refractivity contribution < 1.29 is 0 Å². The molecule has 0 radical (unpaired) electrons. The van der Waals surface area contributed by atoms with E-state index in [1.807, 2.05) is 30.8 Å². The van der Waals surface area contributed by atoms with Crippen LogP contribution in [0.5, 0.6) is 0 Å². The zero-order valence-corrected chi connectivity index (χ0v) is 9.50. The lowest BCUT2D eigenvalue weighted by atomic mass is 10.2. The third-order valence-corrected chi connectivity index (χ3v) is 2.91. The zero-order chi connectivity index (χ0) is 9.68. The van der Waals surface area contributed by atoms with Crippen LogP contribution in [0.3, 0.4) is 0 Å². The Bertz CT molecular complexity index is 276. The van der Waals surface area contributed by atoms with E-state index < -0.39 is 0 Å². The minimum absolute atomic E-state index is 0.828. The van der Waals surface area contributed by atoms with Gasteiger partial charge in [0.2, 0.25) is 0 Å². The van der Waals surface area contributed by atoms with Gasteiger partial charge in [-0.2, -0.15) is 11.8 Å². The first-order valence-electron chi connectivity index (χ1n) is 4.23. The molecule has 0 saturated carbocycles. The summed E-state index contributed by atoms with van der Waals surface area (Å²) in [6.07, 6.45) is 2.10. The summed E-state index contributed by atoms with van der Waals surface area (Å²) in [6.45, 7) is 3.02. The third kappa shape index (κ3) is 3.12. The van der Waals surface area contributed by atoms with Gasteiger partial charge in [-0.25, -0.2) is 0 Å². The van der Waals surface area contributed by atoms with Gasteiger partial charge in [0.15, 0.2) is 0 Å². The van der Waals surface area contributed by atoms with E-state index >= 15 is 0 Å². The lowest BCUT2D eigenvalue weighted by Gasteiger charge is -2.09. The van der Waals surface area contributed by atoms with Crippen LogP contribution in [-0.2, 0) is 0 Å². The molecule has 13 heavy (non-hydrogen) atoms. The van der Waals surface area contributed by atoms with E-state index in [2.05, 4.69) is 17.6 Å². The second-order valence-corrected chi connectivity index (χ2v) is 4.22. The van der Waals surface area contributed by atoms with Gasteiger partial charge in [-0.15, -0.1) is 0 Å². The number of hydrogen-bond acceptors (Lipinski definition) is 2. The van der Waals surface area contributed by atoms with Crippen LogP contribution in [0.1, 0.15) is 5.56 Å². The van der Waals surface area contributed by atoms with Crippen molar-refractivity contribution >= 4 is 29.1 Å². The van der Waals surface area contributed by atoms with Gasteiger partial charge in [-0.3, -0.25) is 0 Å². The molecule has 1 nitrogen and oxygen atoms in total. The van der Waals surface area contributed by atoms with Gasteiger partial charge in [0.05, 0.1) is 0 Å². The van der Waals surface area contributed by atoms with Crippen LogP contribution in [0.2, 0.25) is 5.02 Å². The molecular formula is C10H14ClNS. The molecule has 1 aromatic rings. The maximum atomic E-state index is 5.98. The molecule has 0 aromatic heterocycles. The summed E-state index contributed by atoms with van der Waals surface area (Å²) >= 11 is 7.82. The van der Waals surface area contributed by atoms with Gasteiger partial charge in [-0.05, 0) is 30.9 Å². The molecule has 0 heterocycles. The number of nitrogens with one attached hydrogen (secondary N) is 1. The van der Waals surface area contributed by atoms with Crippen molar-refractivity contribution in [2.24, 2.45) is 0 Å². The van der Waals surface area contributed by atoms with E-state index in [0.717, 1.165) is 28.6 Å². The zero-order valence-electron chi connectivity index (χ0n) is 7.93. The molecule has 0 unspecified atom stereocenters. The molecule has 0 saturated heterocycles. The molecular weight excluding hydrogens is 202 g/mol. The summed E-state index contributed by atoms with van der Waals surface area (Å²) in [6, 6.07) is 5.94. The van der Waals surface area contributed by atoms with E-state index in [-0.39, 0.29) is 0 Å². The van der Waals surface area contributed by atoms with Crippen molar-refractivity contribution in [2.45, 2.75) is 6.92 Å². The summed E-state index contributed by atoms with van der Waals surface area (Å²) < 4.78 is 0. The average molecular weight is 216 g/mol. The highest BCUT2D eigenvalue weighted by Crippen LogP contribution is 2.22. The molecule has 0 aliphatic rings. The molecule has 72 valence electrons. The Morgan fingerprint density at radius 3 is 2.92 bits per heavy atom. The van der Waals surface area contributed by atoms with Crippen LogP contribution in [0.25, 0.3) is 0 Å². The van der Waals surface area contributed by atoms with Gasteiger partial charge in [0, 0.05) is 23.0 Å². The van der Waals surface area contributed by atoms with E-state index in [9.17, 15) is 0 Å². The van der Waals surface area contributed by atoms with Crippen molar-refractivity contribution in [3.8, 4) is 0 Å². The van der Waals surface area contributed by atoms with Crippen molar-refractivity contribution in [3.05, 3.63) is 28.8 Å². The highest BCUT2D eigenvalue weighted by molar-refractivity contribution is 7.98. The van der Waals surface area contributed by atoms with Crippen molar-refractivity contribution in [3.63, 3.8) is 0 Å². The third-order valence-electron chi connectivity index (χ3n) is 1.89. The summed E-state index contributed by atoms with van der Waals surface area (Å²) in [5.41, 5.74) is 2.27. The van der Waals surface area contributed by atoms with Crippen LogP contribution in [0.15, 0.2) is 18.2 Å². The number of benzene rings is 1. The van der Waals surface area contributed by atoms with Gasteiger partial charge in [0.25, 0.3) is 0 Å². The van der Waals surface area contributed by atoms with E-state index in [1.54, 1.807) is 0 Å². The Hall–Kier alpha value is -0.340. The number of hydrogen-bond donors (Lipinski definition) is 1. The van der Waals surface area contributed by atoms with Gasteiger partial charge in [-0.1, -0.05) is 17.7 Å². The number of halogens is 1. The molecule has 0 aliphatic carbocycles. The van der Waals surface area contributed by atoms with Crippen LogP contribution in [0.4, 0.5) is 5.69 Å². The summed E-state index contributed by atoms with van der Waals surface area (Å²) in [5, 5.41) is 4.18. The van der Waals surface area contributed by atoms with Crippen molar-refractivity contribution in [1.29, 1.82) is 0 Å². The van der Waals surface area contributed by atoms with Gasteiger partial charge >= 0.3 is 0 Å². The number of anilines is 1. The molecule has 0 amide bonds. The Labute approximate surface area is 88.9 Å². The number of rotatable bonds is 4. The standard InChI is InChI=1S/C10H14ClNS/c1-8-9(11)4-3-5-10(8)12-6-7-13-2/h3-5,12H,6-7H2,1-2H3. The van der Waals surface area contributed by atoms with E-state index in [1.165, 1.54) is 0 Å². The predicted octanol–water partition coefficient (Wildman–Crippen LogP) is 3.42. The molecule has 0 spiro atoms. The fourth-order valence-electron chi connectivity index (χ4n) is 1.09. The van der Waals surface area contributed by atoms with Gasteiger partial charge < -0.3 is 5.32 Å². The predicted molar refractivity (Wildman–Crippen MR) is 63.1 cm³/mol. The smallest absolute Gasteiger partial charge is 0.0455 e. The van der Waals surface area contributed by atoms with Gasteiger partial charge in [0.1, 0.15) is 0 Å². The SMILES string of the molecule is CSCCNc1cccc(Cl)c1C. The molecule has 1 rings (SSSR count). The Balaban J connectivity index is 2.61. The first kappa shape index (κ1) is 10.7. The van der Waals surface area contributed by atoms with Crippen molar-refractivity contribution in [2.75, 3.05) is 23.9 Å². The van der Waals surface area contributed by atoms with Crippen LogP contribution in [-0.4, -0.2) is 18.6 Å². The molecule has 0 aliphatic heterocycles. The van der Waals surface area contributed by atoms with Crippen LogP contribution in [0, 0.1) is 6.92 Å². The highest BCUT2D eigenvalue weighted by atomic mass is 35.5. The molecule has 0 fully saturated rings. The summed E-state index contributed by atoms with van der Waals surface area (Å²) in [4.78, 5) is 0. The molecule has 3 heteroatoms. The van der Waals surface area contributed by atoms with Crippen molar-refractivity contribution in [1.82, 2.24) is 0 Å². The molecule has 1 N–H and O–H groups in total. The Morgan fingerprint density at radius 1 is 1.46 bits per heavy atom. The topological polar surface area (TPSA) is 12.0 Å². The lowest BCUT2D eigenvalue weighted by Crippen LogP contribution is -2.04. The normalized spacial score (nSPS) is 10.1. The summed E-state index contributed by atoms with van der Waals surface area (Å²) in [5.74, 6) is 1.12. The van der Waals surface area contributed by atoms with Crippen LogP contribution >= 0.6 is 23.4 Å². The molecule has 0 atom stereocenters. The maximum absolute atomic E-state index is 5.98.